The molecule has 27 heavy (non-hydrogen) atoms. The van der Waals surface area contributed by atoms with Crippen molar-refractivity contribution in [2.24, 2.45) is 0 Å². The monoisotopic (exact) mass is 367 g/mol. The lowest BCUT2D eigenvalue weighted by Gasteiger charge is -2.28. The van der Waals surface area contributed by atoms with E-state index in [1.807, 2.05) is 18.3 Å². The molecule has 1 unspecified atom stereocenters. The molecule has 144 valence electrons. The van der Waals surface area contributed by atoms with Crippen LogP contribution in [0.15, 0.2) is 29.2 Å². The van der Waals surface area contributed by atoms with Gasteiger partial charge < -0.3 is 4.90 Å². The van der Waals surface area contributed by atoms with Gasteiger partial charge in [0.05, 0.1) is 18.3 Å². The average molecular weight is 367 g/mol. The topological polar surface area (TPSA) is 63.9 Å². The summed E-state index contributed by atoms with van der Waals surface area (Å²) in [5.41, 5.74) is 0.837. The van der Waals surface area contributed by atoms with Gasteiger partial charge in [0.15, 0.2) is 0 Å². The molecule has 2 aromatic rings. The van der Waals surface area contributed by atoms with Gasteiger partial charge in [-0.25, -0.2) is 14.6 Å². The molecule has 4 rings (SSSR count). The maximum Gasteiger partial charge on any atom is 0.266 e. The van der Waals surface area contributed by atoms with Crippen molar-refractivity contribution in [2.75, 3.05) is 11.4 Å². The van der Waals surface area contributed by atoms with Crippen molar-refractivity contribution in [3.8, 4) is 0 Å². The first kappa shape index (κ1) is 18.1. The smallest absolute Gasteiger partial charge is 0.266 e. The highest BCUT2D eigenvalue weighted by Crippen LogP contribution is 2.35. The Hall–Kier alpha value is -2.24. The minimum absolute atomic E-state index is 0.0345. The van der Waals surface area contributed by atoms with Gasteiger partial charge in [0.2, 0.25) is 0 Å². The molecule has 0 radical (unpaired) electrons. The van der Waals surface area contributed by atoms with E-state index in [4.69, 9.17) is 4.98 Å². The van der Waals surface area contributed by atoms with Gasteiger partial charge in [-0.3, -0.25) is 4.79 Å². The molecule has 1 atom stereocenters. The van der Waals surface area contributed by atoms with E-state index in [-0.39, 0.29) is 17.0 Å². The predicted octanol–water partition coefficient (Wildman–Crippen LogP) is 3.27. The first-order valence-electron chi connectivity index (χ1n) is 10.1. The van der Waals surface area contributed by atoms with Gasteiger partial charge in [-0.1, -0.05) is 27.2 Å². The molecule has 1 saturated heterocycles. The number of hydrogen-bond acceptors (Lipinski definition) is 5. The van der Waals surface area contributed by atoms with Gasteiger partial charge >= 0.3 is 0 Å². The van der Waals surface area contributed by atoms with Crippen LogP contribution in [0.2, 0.25) is 0 Å². The highest BCUT2D eigenvalue weighted by atomic mass is 16.1. The molecule has 1 aliphatic heterocycles. The molecule has 0 aromatic carbocycles. The quantitative estimate of drug-likeness (QED) is 0.830. The summed E-state index contributed by atoms with van der Waals surface area (Å²) >= 11 is 0. The molecule has 0 amide bonds. The first-order valence-corrected chi connectivity index (χ1v) is 10.1. The second-order valence-corrected chi connectivity index (χ2v) is 8.88. The summed E-state index contributed by atoms with van der Waals surface area (Å²) in [6.07, 6.45) is 7.73. The van der Waals surface area contributed by atoms with Crippen molar-refractivity contribution in [2.45, 2.75) is 76.8 Å². The summed E-state index contributed by atoms with van der Waals surface area (Å²) in [6, 6.07) is 5.74. The molecule has 6 nitrogen and oxygen atoms in total. The third kappa shape index (κ3) is 3.75. The zero-order chi connectivity index (χ0) is 19.0. The number of anilines is 1. The third-order valence-corrected chi connectivity index (χ3v) is 5.82. The highest BCUT2D eigenvalue weighted by molar-refractivity contribution is 5.40. The van der Waals surface area contributed by atoms with Crippen LogP contribution < -0.4 is 10.5 Å². The zero-order valence-electron chi connectivity index (χ0n) is 16.6. The summed E-state index contributed by atoms with van der Waals surface area (Å²) < 4.78 is 1.64. The Labute approximate surface area is 160 Å². The minimum atomic E-state index is -0.0743. The Kier molecular flexibility index (Phi) is 4.74. The van der Waals surface area contributed by atoms with Crippen LogP contribution in [0.1, 0.15) is 70.3 Å². The molecule has 2 aliphatic rings. The zero-order valence-corrected chi connectivity index (χ0v) is 16.6. The lowest BCUT2D eigenvalue weighted by molar-refractivity contribution is 0.400. The Bertz CT molecular complexity index is 865. The summed E-state index contributed by atoms with van der Waals surface area (Å²) in [5.74, 6) is 2.50. The van der Waals surface area contributed by atoms with Crippen molar-refractivity contribution in [3.63, 3.8) is 0 Å². The van der Waals surface area contributed by atoms with Crippen molar-refractivity contribution < 1.29 is 0 Å². The fourth-order valence-electron chi connectivity index (χ4n) is 3.89. The Morgan fingerprint density at radius 2 is 1.93 bits per heavy atom. The van der Waals surface area contributed by atoms with Crippen molar-refractivity contribution in [3.05, 3.63) is 46.3 Å². The summed E-state index contributed by atoms with van der Waals surface area (Å²) in [6.45, 7) is 7.93. The fraction of sp³-hybridized carbons (Fsp3) is 0.619. The van der Waals surface area contributed by atoms with Gasteiger partial charge in [-0.2, -0.15) is 5.10 Å². The molecule has 0 N–H and O–H groups in total. The van der Waals surface area contributed by atoms with Crippen LogP contribution in [-0.4, -0.2) is 32.3 Å². The maximum atomic E-state index is 12.4. The van der Waals surface area contributed by atoms with Gasteiger partial charge in [0.25, 0.3) is 5.56 Å². The number of hydrogen-bond donors (Lipinski definition) is 0. The van der Waals surface area contributed by atoms with E-state index >= 15 is 0 Å². The number of rotatable bonds is 4. The van der Waals surface area contributed by atoms with E-state index in [0.717, 1.165) is 36.7 Å². The normalized spacial score (nSPS) is 20.7. The van der Waals surface area contributed by atoms with Crippen LogP contribution in [0.5, 0.6) is 0 Å². The Balaban J connectivity index is 1.57. The van der Waals surface area contributed by atoms with Gasteiger partial charge in [-0.05, 0) is 37.8 Å². The van der Waals surface area contributed by atoms with Crippen molar-refractivity contribution >= 4 is 5.82 Å². The summed E-state index contributed by atoms with van der Waals surface area (Å²) in [4.78, 5) is 24.1. The van der Waals surface area contributed by atoms with E-state index in [0.29, 0.717) is 12.5 Å². The first-order chi connectivity index (χ1) is 12.9. The molecule has 2 fully saturated rings. The van der Waals surface area contributed by atoms with Crippen LogP contribution in [0.3, 0.4) is 0 Å². The molecule has 2 aromatic heterocycles. The number of nitrogens with zero attached hydrogens (tertiary/aromatic N) is 5. The van der Waals surface area contributed by atoms with Gasteiger partial charge in [0, 0.05) is 30.1 Å². The van der Waals surface area contributed by atoms with Crippen LogP contribution >= 0.6 is 0 Å². The molecule has 1 aliphatic carbocycles. The Morgan fingerprint density at radius 3 is 2.63 bits per heavy atom. The van der Waals surface area contributed by atoms with Crippen LogP contribution in [0.4, 0.5) is 5.82 Å². The molecule has 1 saturated carbocycles. The van der Waals surface area contributed by atoms with E-state index in [1.165, 1.54) is 19.3 Å². The minimum Gasteiger partial charge on any atom is -0.352 e. The van der Waals surface area contributed by atoms with Crippen LogP contribution in [0, 0.1) is 0 Å². The third-order valence-electron chi connectivity index (χ3n) is 5.82. The van der Waals surface area contributed by atoms with E-state index in [2.05, 4.69) is 35.8 Å². The fourth-order valence-corrected chi connectivity index (χ4v) is 3.89. The SMILES string of the molecule is CC(C)(C)c1ccc(=O)n(CC2CCCN2c2ccnc(C3CCC3)n2)n1. The van der Waals surface area contributed by atoms with Gasteiger partial charge in [-0.15, -0.1) is 0 Å². The maximum absolute atomic E-state index is 12.4. The van der Waals surface area contributed by atoms with Crippen molar-refractivity contribution in [1.82, 2.24) is 19.7 Å². The molecule has 0 bridgehead atoms. The largest absolute Gasteiger partial charge is 0.352 e. The standard InChI is InChI=1S/C21H29N5O/c1-21(2,3)17-9-10-19(27)26(24-17)14-16-8-5-13-25(16)18-11-12-22-20(23-18)15-6-4-7-15/h9-12,15-16H,4-8,13-14H2,1-3H3. The van der Waals surface area contributed by atoms with E-state index in [1.54, 1.807) is 10.7 Å². The second kappa shape index (κ2) is 7.06. The van der Waals surface area contributed by atoms with E-state index in [9.17, 15) is 4.79 Å². The van der Waals surface area contributed by atoms with Crippen LogP contribution in [-0.2, 0) is 12.0 Å². The molecule has 0 spiro atoms. The molecular weight excluding hydrogens is 338 g/mol. The summed E-state index contributed by atoms with van der Waals surface area (Å²) in [7, 11) is 0. The van der Waals surface area contributed by atoms with E-state index < -0.39 is 0 Å². The molecule has 3 heterocycles. The van der Waals surface area contributed by atoms with Crippen LogP contribution in [0.25, 0.3) is 0 Å². The lowest BCUT2D eigenvalue weighted by atomic mass is 9.85. The Morgan fingerprint density at radius 1 is 1.11 bits per heavy atom. The van der Waals surface area contributed by atoms with Gasteiger partial charge in [0.1, 0.15) is 11.6 Å². The average Bonchev–Trinajstić information content (AvgIpc) is 3.03. The second-order valence-electron chi connectivity index (χ2n) is 8.88. The predicted molar refractivity (Wildman–Crippen MR) is 106 cm³/mol. The lowest BCUT2D eigenvalue weighted by Crippen LogP contribution is -2.38. The highest BCUT2D eigenvalue weighted by Gasteiger charge is 2.29. The molecular formula is C21H29N5O. The van der Waals surface area contributed by atoms with Crippen molar-refractivity contribution in [1.29, 1.82) is 0 Å². The molecule has 6 heteroatoms. The number of aromatic nitrogens is 4. The summed E-state index contributed by atoms with van der Waals surface area (Å²) in [5, 5.41) is 4.65.